The molecule has 7 heteroatoms. The molecular formula is C21H22N6O. The van der Waals surface area contributed by atoms with Crippen LogP contribution in [-0.2, 0) is 0 Å². The van der Waals surface area contributed by atoms with Crippen molar-refractivity contribution in [1.82, 2.24) is 4.98 Å². The number of rotatable bonds is 2. The van der Waals surface area contributed by atoms with Crippen LogP contribution >= 0.6 is 0 Å². The van der Waals surface area contributed by atoms with Gasteiger partial charge in [-0.2, -0.15) is 4.99 Å². The van der Waals surface area contributed by atoms with E-state index in [0.29, 0.717) is 11.9 Å². The van der Waals surface area contributed by atoms with Gasteiger partial charge in [0.15, 0.2) is 5.58 Å². The number of aromatic nitrogens is 1. The predicted octanol–water partition coefficient (Wildman–Crippen LogP) is 3.60. The van der Waals surface area contributed by atoms with E-state index in [2.05, 4.69) is 9.98 Å². The first kappa shape index (κ1) is 16.8. The fourth-order valence-electron chi connectivity index (χ4n) is 4.27. The van der Waals surface area contributed by atoms with Crippen molar-refractivity contribution in [3.63, 3.8) is 0 Å². The third-order valence-electron chi connectivity index (χ3n) is 5.50. The van der Waals surface area contributed by atoms with E-state index in [0.717, 1.165) is 48.0 Å². The van der Waals surface area contributed by atoms with Crippen LogP contribution in [0.25, 0.3) is 22.6 Å². The van der Waals surface area contributed by atoms with Gasteiger partial charge in [-0.25, -0.2) is 9.98 Å². The van der Waals surface area contributed by atoms with Crippen LogP contribution in [-0.4, -0.2) is 22.6 Å². The third kappa shape index (κ3) is 2.70. The lowest BCUT2D eigenvalue weighted by Crippen LogP contribution is -2.58. The molecule has 0 unspecified atom stereocenters. The molecule has 0 saturated heterocycles. The largest absolute Gasteiger partial charge is 0.436 e. The SMILES string of the molecule is NC1=NC2(CCCCC2)N(c2cccc(-c3nc4ccccc4o3)c2)C(N)=N1. The van der Waals surface area contributed by atoms with Crippen LogP contribution in [0.2, 0.25) is 0 Å². The minimum atomic E-state index is -0.464. The standard InChI is InChI=1S/C21H22N6O/c22-19-25-20(23)27(21(26-19)11-4-1-5-12-21)15-8-6-7-14(13-15)18-24-16-9-2-3-10-17(16)28-18/h2-3,6-10,13H,1,4-5,11-12H2,(H4,22,23,25,26). The van der Waals surface area contributed by atoms with Crippen molar-refractivity contribution in [1.29, 1.82) is 0 Å². The van der Waals surface area contributed by atoms with Crippen LogP contribution in [0.4, 0.5) is 5.69 Å². The maximum atomic E-state index is 6.33. The number of benzene rings is 2. The Balaban J connectivity index is 1.59. The van der Waals surface area contributed by atoms with Gasteiger partial charge in [0.25, 0.3) is 0 Å². The molecule has 0 atom stereocenters. The van der Waals surface area contributed by atoms with Crippen molar-refractivity contribution >= 4 is 28.7 Å². The van der Waals surface area contributed by atoms with Crippen LogP contribution in [0, 0.1) is 0 Å². The van der Waals surface area contributed by atoms with E-state index in [-0.39, 0.29) is 5.96 Å². The Labute approximate surface area is 162 Å². The number of guanidine groups is 2. The van der Waals surface area contributed by atoms with Gasteiger partial charge in [-0.3, -0.25) is 4.90 Å². The van der Waals surface area contributed by atoms with E-state index >= 15 is 0 Å². The highest BCUT2D eigenvalue weighted by Gasteiger charge is 2.42. The quantitative estimate of drug-likeness (QED) is 0.713. The van der Waals surface area contributed by atoms with Gasteiger partial charge in [0.2, 0.25) is 17.8 Å². The van der Waals surface area contributed by atoms with Gasteiger partial charge in [-0.1, -0.05) is 24.6 Å². The van der Waals surface area contributed by atoms with Crippen LogP contribution in [0.3, 0.4) is 0 Å². The topological polar surface area (TPSA) is 106 Å². The Kier molecular flexibility index (Phi) is 3.82. The molecule has 3 aromatic rings. The fourth-order valence-corrected chi connectivity index (χ4v) is 4.27. The molecule has 1 spiro atoms. The summed E-state index contributed by atoms with van der Waals surface area (Å²) in [5, 5.41) is 0. The maximum absolute atomic E-state index is 6.33. The number of fused-ring (bicyclic) bond motifs is 1. The summed E-state index contributed by atoms with van der Waals surface area (Å²) >= 11 is 0. The third-order valence-corrected chi connectivity index (χ3v) is 5.50. The molecule has 2 aliphatic rings. The number of nitrogens with zero attached hydrogens (tertiary/aromatic N) is 4. The Morgan fingerprint density at radius 1 is 0.964 bits per heavy atom. The summed E-state index contributed by atoms with van der Waals surface area (Å²) in [4.78, 5) is 15.6. The maximum Gasteiger partial charge on any atom is 0.227 e. The van der Waals surface area contributed by atoms with E-state index in [1.54, 1.807) is 0 Å². The molecule has 1 fully saturated rings. The summed E-state index contributed by atoms with van der Waals surface area (Å²) in [6, 6.07) is 15.7. The molecule has 2 heterocycles. The highest BCUT2D eigenvalue weighted by molar-refractivity contribution is 6.05. The minimum Gasteiger partial charge on any atom is -0.436 e. The summed E-state index contributed by atoms with van der Waals surface area (Å²) < 4.78 is 5.94. The summed E-state index contributed by atoms with van der Waals surface area (Å²) in [5.41, 5.74) is 15.2. The van der Waals surface area contributed by atoms with Crippen LogP contribution in [0.5, 0.6) is 0 Å². The second-order valence-corrected chi connectivity index (χ2v) is 7.36. The van der Waals surface area contributed by atoms with Gasteiger partial charge in [-0.05, 0) is 56.0 Å². The van der Waals surface area contributed by atoms with Gasteiger partial charge >= 0.3 is 0 Å². The van der Waals surface area contributed by atoms with Crippen molar-refractivity contribution in [3.05, 3.63) is 48.5 Å². The smallest absolute Gasteiger partial charge is 0.227 e. The zero-order chi connectivity index (χ0) is 19.1. The lowest BCUT2D eigenvalue weighted by atomic mass is 9.87. The molecule has 1 aliphatic heterocycles. The number of hydrogen-bond donors (Lipinski definition) is 2. The molecule has 28 heavy (non-hydrogen) atoms. The second kappa shape index (κ2) is 6.37. The summed E-state index contributed by atoms with van der Waals surface area (Å²) in [6.07, 6.45) is 5.18. The molecule has 7 nitrogen and oxygen atoms in total. The van der Waals surface area contributed by atoms with E-state index in [9.17, 15) is 0 Å². The molecule has 1 aliphatic carbocycles. The number of hydrogen-bond acceptors (Lipinski definition) is 7. The predicted molar refractivity (Wildman–Crippen MR) is 111 cm³/mol. The molecule has 5 rings (SSSR count). The molecule has 1 saturated carbocycles. The molecule has 142 valence electrons. The fraction of sp³-hybridized carbons (Fsp3) is 0.286. The lowest BCUT2D eigenvalue weighted by Gasteiger charge is -2.45. The van der Waals surface area contributed by atoms with Crippen molar-refractivity contribution in [3.8, 4) is 11.5 Å². The number of para-hydroxylation sites is 2. The highest BCUT2D eigenvalue weighted by Crippen LogP contribution is 2.40. The summed E-state index contributed by atoms with van der Waals surface area (Å²) in [7, 11) is 0. The van der Waals surface area contributed by atoms with E-state index in [1.807, 2.05) is 53.4 Å². The van der Waals surface area contributed by atoms with Gasteiger partial charge in [0, 0.05) is 11.3 Å². The molecule has 4 N–H and O–H groups in total. The lowest BCUT2D eigenvalue weighted by molar-refractivity contribution is 0.305. The van der Waals surface area contributed by atoms with Crippen molar-refractivity contribution in [2.24, 2.45) is 21.5 Å². The van der Waals surface area contributed by atoms with Gasteiger partial charge in [0.1, 0.15) is 11.2 Å². The first-order valence-electron chi connectivity index (χ1n) is 9.60. The Bertz CT molecular complexity index is 1060. The molecule has 2 aromatic carbocycles. The van der Waals surface area contributed by atoms with E-state index in [1.165, 1.54) is 6.42 Å². The van der Waals surface area contributed by atoms with Crippen LogP contribution in [0.15, 0.2) is 62.9 Å². The second-order valence-electron chi connectivity index (χ2n) is 7.36. The zero-order valence-electron chi connectivity index (χ0n) is 15.5. The minimum absolute atomic E-state index is 0.255. The summed E-state index contributed by atoms with van der Waals surface area (Å²) in [6.45, 7) is 0. The monoisotopic (exact) mass is 374 g/mol. The average molecular weight is 374 g/mol. The van der Waals surface area contributed by atoms with Crippen molar-refractivity contribution in [2.45, 2.75) is 37.8 Å². The number of nitrogens with two attached hydrogens (primary N) is 2. The molecule has 0 amide bonds. The van der Waals surface area contributed by atoms with Gasteiger partial charge in [0.05, 0.1) is 0 Å². The average Bonchev–Trinajstić information content (AvgIpc) is 3.12. The summed E-state index contributed by atoms with van der Waals surface area (Å²) in [5.74, 6) is 1.21. The molecule has 0 radical (unpaired) electrons. The zero-order valence-corrected chi connectivity index (χ0v) is 15.5. The first-order valence-corrected chi connectivity index (χ1v) is 9.60. The van der Waals surface area contributed by atoms with Gasteiger partial charge < -0.3 is 15.9 Å². The highest BCUT2D eigenvalue weighted by atomic mass is 16.3. The van der Waals surface area contributed by atoms with Gasteiger partial charge in [-0.15, -0.1) is 0 Å². The first-order chi connectivity index (χ1) is 13.6. The van der Waals surface area contributed by atoms with Crippen LogP contribution < -0.4 is 16.4 Å². The van der Waals surface area contributed by atoms with Crippen molar-refractivity contribution in [2.75, 3.05) is 4.90 Å². The molecule has 0 bridgehead atoms. The Morgan fingerprint density at radius 3 is 2.61 bits per heavy atom. The Hall–Kier alpha value is -3.35. The van der Waals surface area contributed by atoms with Crippen LogP contribution in [0.1, 0.15) is 32.1 Å². The van der Waals surface area contributed by atoms with Crippen molar-refractivity contribution < 1.29 is 4.42 Å². The number of oxazole rings is 1. The molecule has 1 aromatic heterocycles. The van der Waals surface area contributed by atoms with E-state index in [4.69, 9.17) is 20.9 Å². The Morgan fingerprint density at radius 2 is 1.79 bits per heavy atom. The number of aliphatic imine (C=N–C) groups is 2. The van der Waals surface area contributed by atoms with E-state index < -0.39 is 5.66 Å². The molecular weight excluding hydrogens is 352 g/mol. The normalized spacial score (nSPS) is 18.9. The number of anilines is 1.